The van der Waals surface area contributed by atoms with Crippen molar-refractivity contribution in [2.24, 2.45) is 0 Å². The molecule has 2 saturated heterocycles. The van der Waals surface area contributed by atoms with Crippen molar-refractivity contribution in [1.82, 2.24) is 19.4 Å². The highest BCUT2D eigenvalue weighted by atomic mass is 35.5. The second kappa shape index (κ2) is 5.25. The van der Waals surface area contributed by atoms with Gasteiger partial charge in [-0.25, -0.2) is 9.97 Å². The quantitative estimate of drug-likeness (QED) is 0.818. The number of nitrogens with zero attached hydrogens (tertiary/aromatic N) is 4. The van der Waals surface area contributed by atoms with Crippen LogP contribution in [0.15, 0.2) is 12.1 Å². The van der Waals surface area contributed by atoms with Crippen LogP contribution in [0, 0.1) is 6.92 Å². The predicted octanol–water partition coefficient (Wildman–Crippen LogP) is 2.93. The maximum atomic E-state index is 6.00. The number of aromatic nitrogens is 3. The van der Waals surface area contributed by atoms with E-state index in [9.17, 15) is 0 Å². The van der Waals surface area contributed by atoms with Gasteiger partial charge >= 0.3 is 0 Å². The highest BCUT2D eigenvalue weighted by molar-refractivity contribution is 6.17. The third-order valence-corrected chi connectivity index (χ3v) is 5.16. The van der Waals surface area contributed by atoms with E-state index in [1.807, 2.05) is 6.07 Å². The van der Waals surface area contributed by atoms with Gasteiger partial charge < -0.3 is 4.57 Å². The molecule has 4 heterocycles. The Hall–Kier alpha value is -1.13. The van der Waals surface area contributed by atoms with Crippen LogP contribution in [0.2, 0.25) is 0 Å². The molecule has 2 aromatic rings. The lowest BCUT2D eigenvalue weighted by atomic mass is 10.1. The SMILES string of the molecule is Cc1ccc2nc(CCCl)n(C3CCN4CCCC34)c2n1. The summed E-state index contributed by atoms with van der Waals surface area (Å²) in [6.07, 6.45) is 4.66. The van der Waals surface area contributed by atoms with Crippen LogP contribution < -0.4 is 0 Å². The van der Waals surface area contributed by atoms with Gasteiger partial charge in [0.2, 0.25) is 0 Å². The van der Waals surface area contributed by atoms with Gasteiger partial charge in [-0.1, -0.05) is 0 Å². The Kier molecular flexibility index (Phi) is 3.38. The van der Waals surface area contributed by atoms with Gasteiger partial charge in [0.15, 0.2) is 5.65 Å². The smallest absolute Gasteiger partial charge is 0.160 e. The Balaban J connectivity index is 1.85. The summed E-state index contributed by atoms with van der Waals surface area (Å²) >= 11 is 6.00. The van der Waals surface area contributed by atoms with Crippen molar-refractivity contribution in [2.45, 2.75) is 44.7 Å². The highest BCUT2D eigenvalue weighted by Gasteiger charge is 2.39. The number of hydrogen-bond acceptors (Lipinski definition) is 3. The van der Waals surface area contributed by atoms with Gasteiger partial charge in [-0.05, 0) is 44.9 Å². The Morgan fingerprint density at radius 1 is 1.19 bits per heavy atom. The number of halogens is 1. The molecule has 0 amide bonds. The maximum Gasteiger partial charge on any atom is 0.160 e. The number of rotatable bonds is 3. The third kappa shape index (κ3) is 2.16. The van der Waals surface area contributed by atoms with Gasteiger partial charge in [-0.15, -0.1) is 11.6 Å². The second-order valence-corrected chi connectivity index (χ2v) is 6.61. The standard InChI is InChI=1S/C16H21ClN4/c1-11-4-5-12-16(18-11)21(15(19-12)6-8-17)14-7-10-20-9-2-3-13(14)20/h4-5,13-14H,2-3,6-10H2,1H3. The molecule has 0 aliphatic carbocycles. The van der Waals surface area contributed by atoms with E-state index in [1.54, 1.807) is 0 Å². The van der Waals surface area contributed by atoms with Gasteiger partial charge in [0.25, 0.3) is 0 Å². The normalized spacial score (nSPS) is 25.8. The second-order valence-electron chi connectivity index (χ2n) is 6.23. The number of fused-ring (bicyclic) bond motifs is 2. The van der Waals surface area contributed by atoms with E-state index in [2.05, 4.69) is 22.5 Å². The van der Waals surface area contributed by atoms with E-state index in [0.717, 1.165) is 29.1 Å². The zero-order valence-corrected chi connectivity index (χ0v) is 13.2. The molecule has 2 aromatic heterocycles. The zero-order valence-electron chi connectivity index (χ0n) is 12.4. The molecule has 5 heteroatoms. The molecule has 2 atom stereocenters. The summed E-state index contributed by atoms with van der Waals surface area (Å²) in [7, 11) is 0. The van der Waals surface area contributed by atoms with Crippen LogP contribution in [0.1, 0.15) is 36.8 Å². The molecule has 2 unspecified atom stereocenters. The summed E-state index contributed by atoms with van der Waals surface area (Å²) in [6, 6.07) is 5.32. The number of aryl methyl sites for hydroxylation is 2. The Morgan fingerprint density at radius 3 is 2.95 bits per heavy atom. The molecule has 4 nitrogen and oxygen atoms in total. The lowest BCUT2D eigenvalue weighted by molar-refractivity contribution is 0.290. The largest absolute Gasteiger partial charge is 0.308 e. The van der Waals surface area contributed by atoms with Crippen molar-refractivity contribution in [3.8, 4) is 0 Å². The van der Waals surface area contributed by atoms with Gasteiger partial charge in [-0.2, -0.15) is 0 Å². The van der Waals surface area contributed by atoms with Crippen LogP contribution in [0.5, 0.6) is 0 Å². The summed E-state index contributed by atoms with van der Waals surface area (Å²) in [6.45, 7) is 4.51. The number of alkyl halides is 1. The minimum absolute atomic E-state index is 0.519. The molecule has 0 N–H and O–H groups in total. The van der Waals surface area contributed by atoms with Crippen LogP contribution >= 0.6 is 11.6 Å². The average Bonchev–Trinajstić information content (AvgIpc) is 3.13. The lowest BCUT2D eigenvalue weighted by Crippen LogP contribution is -2.28. The molecule has 2 aliphatic rings. The molecule has 2 aliphatic heterocycles. The van der Waals surface area contributed by atoms with Gasteiger partial charge in [0.05, 0.1) is 6.04 Å². The van der Waals surface area contributed by atoms with Gasteiger partial charge in [0, 0.05) is 30.6 Å². The van der Waals surface area contributed by atoms with Crippen molar-refractivity contribution < 1.29 is 0 Å². The van der Waals surface area contributed by atoms with Crippen LogP contribution in [-0.2, 0) is 6.42 Å². The van der Waals surface area contributed by atoms with Gasteiger partial charge in [-0.3, -0.25) is 4.90 Å². The first-order valence-corrected chi connectivity index (χ1v) is 8.46. The van der Waals surface area contributed by atoms with Crippen molar-refractivity contribution in [1.29, 1.82) is 0 Å². The first-order valence-electron chi connectivity index (χ1n) is 7.92. The molecule has 4 rings (SSSR count). The molecule has 0 spiro atoms. The maximum absolute atomic E-state index is 6.00. The van der Waals surface area contributed by atoms with Crippen molar-refractivity contribution >= 4 is 22.8 Å². The molecular formula is C16H21ClN4. The summed E-state index contributed by atoms with van der Waals surface area (Å²) in [5.41, 5.74) is 3.12. The third-order valence-electron chi connectivity index (χ3n) is 4.97. The first-order chi connectivity index (χ1) is 10.3. The fourth-order valence-electron chi connectivity index (χ4n) is 4.08. The van der Waals surface area contributed by atoms with E-state index in [4.69, 9.17) is 21.6 Å². The fourth-order valence-corrected chi connectivity index (χ4v) is 4.25. The number of hydrogen-bond donors (Lipinski definition) is 0. The monoisotopic (exact) mass is 304 g/mol. The first kappa shape index (κ1) is 13.5. The number of pyridine rings is 1. The van der Waals surface area contributed by atoms with Crippen LogP contribution in [0.4, 0.5) is 0 Å². The summed E-state index contributed by atoms with van der Waals surface area (Å²) in [5.74, 6) is 1.72. The predicted molar refractivity (Wildman–Crippen MR) is 84.9 cm³/mol. The van der Waals surface area contributed by atoms with Crippen LogP contribution in [0.3, 0.4) is 0 Å². The van der Waals surface area contributed by atoms with E-state index >= 15 is 0 Å². The molecule has 21 heavy (non-hydrogen) atoms. The lowest BCUT2D eigenvalue weighted by Gasteiger charge is -2.23. The highest BCUT2D eigenvalue weighted by Crippen LogP contribution is 2.38. The fraction of sp³-hybridized carbons (Fsp3) is 0.625. The summed E-state index contributed by atoms with van der Waals surface area (Å²) in [5, 5.41) is 0. The van der Waals surface area contributed by atoms with E-state index in [1.165, 1.54) is 32.4 Å². The Labute approximate surface area is 130 Å². The molecule has 0 saturated carbocycles. The van der Waals surface area contributed by atoms with Gasteiger partial charge in [0.1, 0.15) is 11.3 Å². The molecule has 0 bridgehead atoms. The topological polar surface area (TPSA) is 34.0 Å². The molecule has 112 valence electrons. The summed E-state index contributed by atoms with van der Waals surface area (Å²) in [4.78, 5) is 12.2. The minimum Gasteiger partial charge on any atom is -0.308 e. The van der Waals surface area contributed by atoms with E-state index in [0.29, 0.717) is 18.0 Å². The van der Waals surface area contributed by atoms with Crippen molar-refractivity contribution in [3.63, 3.8) is 0 Å². The minimum atomic E-state index is 0.519. The van der Waals surface area contributed by atoms with E-state index in [-0.39, 0.29) is 0 Å². The van der Waals surface area contributed by atoms with E-state index < -0.39 is 0 Å². The van der Waals surface area contributed by atoms with Crippen LogP contribution in [0.25, 0.3) is 11.2 Å². The molecule has 0 aromatic carbocycles. The summed E-state index contributed by atoms with van der Waals surface area (Å²) < 4.78 is 2.40. The van der Waals surface area contributed by atoms with Crippen LogP contribution in [-0.4, -0.2) is 44.4 Å². The Morgan fingerprint density at radius 2 is 2.10 bits per heavy atom. The number of imidazole rings is 1. The average molecular weight is 305 g/mol. The van der Waals surface area contributed by atoms with Crippen molar-refractivity contribution in [3.05, 3.63) is 23.7 Å². The molecule has 2 fully saturated rings. The molecular weight excluding hydrogens is 284 g/mol. The Bertz CT molecular complexity index is 666. The molecule has 0 radical (unpaired) electrons. The zero-order chi connectivity index (χ0) is 14.4. The van der Waals surface area contributed by atoms with Crippen molar-refractivity contribution in [2.75, 3.05) is 19.0 Å².